The van der Waals surface area contributed by atoms with Gasteiger partial charge in [0, 0.05) is 37.4 Å². The van der Waals surface area contributed by atoms with Crippen LogP contribution >= 0.6 is 0 Å². The van der Waals surface area contributed by atoms with Gasteiger partial charge in [-0.2, -0.15) is 0 Å². The topological polar surface area (TPSA) is 64.9 Å². The Morgan fingerprint density at radius 3 is 2.55 bits per heavy atom. The summed E-state index contributed by atoms with van der Waals surface area (Å²) < 4.78 is 5.92. The molecule has 2 heterocycles. The molecule has 1 amide bonds. The van der Waals surface area contributed by atoms with Crippen molar-refractivity contribution in [3.63, 3.8) is 0 Å². The molecule has 1 saturated heterocycles. The highest BCUT2D eigenvalue weighted by atomic mass is 16.3. The number of hydrogen-bond acceptors (Lipinski definition) is 6. The first-order chi connectivity index (χ1) is 15.9. The van der Waals surface area contributed by atoms with Crippen LogP contribution in [0, 0.1) is 13.8 Å². The zero-order valence-corrected chi connectivity index (χ0v) is 20.2. The van der Waals surface area contributed by atoms with E-state index in [-0.39, 0.29) is 5.91 Å². The minimum absolute atomic E-state index is 0.0317. The smallest absolute Gasteiger partial charge is 0.238 e. The van der Waals surface area contributed by atoms with Crippen molar-refractivity contribution in [2.45, 2.75) is 20.3 Å². The lowest BCUT2D eigenvalue weighted by atomic mass is 10.1. The number of nitrogens with zero attached hydrogens (tertiary/aromatic N) is 4. The van der Waals surface area contributed by atoms with E-state index in [2.05, 4.69) is 39.1 Å². The van der Waals surface area contributed by atoms with Crippen LogP contribution in [0.15, 0.2) is 40.8 Å². The molecule has 1 fully saturated rings. The zero-order valence-electron chi connectivity index (χ0n) is 20.2. The predicted octanol–water partition coefficient (Wildman–Crippen LogP) is 3.62. The fourth-order valence-corrected chi connectivity index (χ4v) is 4.27. The SMILES string of the molecule is Cc1ccc2oc(-c3ccc(NC(=O)CN4CCN(CCCN(C)C)CC4)c(C)c3)nc2c1. The molecule has 0 bridgehead atoms. The predicted molar refractivity (Wildman–Crippen MR) is 134 cm³/mol. The highest BCUT2D eigenvalue weighted by Gasteiger charge is 2.19. The molecule has 1 N–H and O–H groups in total. The second-order valence-electron chi connectivity index (χ2n) is 9.34. The van der Waals surface area contributed by atoms with Crippen LogP contribution in [0.3, 0.4) is 0 Å². The number of fused-ring (bicyclic) bond motifs is 1. The summed E-state index contributed by atoms with van der Waals surface area (Å²) >= 11 is 0. The van der Waals surface area contributed by atoms with E-state index in [1.54, 1.807) is 0 Å². The Morgan fingerprint density at radius 1 is 1.06 bits per heavy atom. The number of amides is 1. The minimum Gasteiger partial charge on any atom is -0.436 e. The Bertz CT molecular complexity index is 1100. The molecule has 0 unspecified atom stereocenters. The molecular formula is C26H35N5O2. The van der Waals surface area contributed by atoms with Gasteiger partial charge in [0.05, 0.1) is 6.54 Å². The third-order valence-corrected chi connectivity index (χ3v) is 6.20. The molecule has 1 aromatic heterocycles. The number of aryl methyl sites for hydroxylation is 2. The number of carbonyl (C=O) groups excluding carboxylic acids is 1. The van der Waals surface area contributed by atoms with Crippen molar-refractivity contribution in [3.8, 4) is 11.5 Å². The van der Waals surface area contributed by atoms with Crippen molar-refractivity contribution in [2.75, 3.05) is 65.2 Å². The molecule has 176 valence electrons. The first-order valence-electron chi connectivity index (χ1n) is 11.7. The Hall–Kier alpha value is -2.74. The van der Waals surface area contributed by atoms with Crippen LogP contribution in [0.5, 0.6) is 0 Å². The minimum atomic E-state index is 0.0317. The van der Waals surface area contributed by atoms with Crippen LogP contribution in [-0.2, 0) is 4.79 Å². The molecule has 33 heavy (non-hydrogen) atoms. The molecule has 1 aliphatic heterocycles. The number of aromatic nitrogens is 1. The van der Waals surface area contributed by atoms with Gasteiger partial charge in [-0.05, 0) is 88.9 Å². The third kappa shape index (κ3) is 6.19. The van der Waals surface area contributed by atoms with Crippen LogP contribution < -0.4 is 5.32 Å². The molecule has 7 heteroatoms. The van der Waals surface area contributed by atoms with Gasteiger partial charge in [-0.1, -0.05) is 6.07 Å². The second kappa shape index (κ2) is 10.5. The van der Waals surface area contributed by atoms with Gasteiger partial charge in [-0.25, -0.2) is 4.98 Å². The summed E-state index contributed by atoms with van der Waals surface area (Å²) in [5.41, 5.74) is 5.52. The van der Waals surface area contributed by atoms with Gasteiger partial charge in [0.1, 0.15) is 5.52 Å². The Balaban J connectivity index is 1.30. The maximum Gasteiger partial charge on any atom is 0.238 e. The summed E-state index contributed by atoms with van der Waals surface area (Å²) in [6.07, 6.45) is 1.19. The van der Waals surface area contributed by atoms with E-state index in [0.29, 0.717) is 12.4 Å². The molecule has 0 spiro atoms. The Morgan fingerprint density at radius 2 is 1.82 bits per heavy atom. The molecule has 3 aromatic rings. The lowest BCUT2D eigenvalue weighted by Gasteiger charge is -2.34. The van der Waals surface area contributed by atoms with E-state index < -0.39 is 0 Å². The van der Waals surface area contributed by atoms with Crippen LogP contribution in [0.2, 0.25) is 0 Å². The van der Waals surface area contributed by atoms with Crippen molar-refractivity contribution in [3.05, 3.63) is 47.5 Å². The Labute approximate surface area is 196 Å². The van der Waals surface area contributed by atoms with Crippen molar-refractivity contribution in [2.24, 2.45) is 0 Å². The van der Waals surface area contributed by atoms with Gasteiger partial charge in [0.25, 0.3) is 0 Å². The lowest BCUT2D eigenvalue weighted by molar-refractivity contribution is -0.117. The van der Waals surface area contributed by atoms with Gasteiger partial charge >= 0.3 is 0 Å². The van der Waals surface area contributed by atoms with Crippen molar-refractivity contribution in [1.29, 1.82) is 0 Å². The number of hydrogen-bond donors (Lipinski definition) is 1. The molecule has 2 aromatic carbocycles. The maximum absolute atomic E-state index is 12.7. The average molecular weight is 450 g/mol. The number of carbonyl (C=O) groups is 1. The largest absolute Gasteiger partial charge is 0.436 e. The Kier molecular flexibility index (Phi) is 7.42. The van der Waals surface area contributed by atoms with Crippen LogP contribution in [0.4, 0.5) is 5.69 Å². The van der Waals surface area contributed by atoms with E-state index in [1.807, 2.05) is 50.2 Å². The van der Waals surface area contributed by atoms with E-state index in [9.17, 15) is 4.79 Å². The number of piperazine rings is 1. The summed E-state index contributed by atoms with van der Waals surface area (Å²) in [7, 11) is 4.23. The molecular weight excluding hydrogens is 414 g/mol. The molecule has 0 aliphatic carbocycles. The van der Waals surface area contributed by atoms with E-state index in [1.165, 1.54) is 6.42 Å². The summed E-state index contributed by atoms with van der Waals surface area (Å²) in [6.45, 7) is 10.6. The molecule has 4 rings (SSSR count). The maximum atomic E-state index is 12.7. The summed E-state index contributed by atoms with van der Waals surface area (Å²) in [4.78, 5) is 24.2. The average Bonchev–Trinajstić information content (AvgIpc) is 3.19. The van der Waals surface area contributed by atoms with Gasteiger partial charge < -0.3 is 19.5 Å². The monoisotopic (exact) mass is 449 g/mol. The van der Waals surface area contributed by atoms with Crippen molar-refractivity contribution >= 4 is 22.7 Å². The molecule has 0 saturated carbocycles. The number of rotatable bonds is 8. The molecule has 1 aliphatic rings. The fourth-order valence-electron chi connectivity index (χ4n) is 4.27. The van der Waals surface area contributed by atoms with Crippen LogP contribution in [0.25, 0.3) is 22.6 Å². The van der Waals surface area contributed by atoms with Gasteiger partial charge in [0.15, 0.2) is 5.58 Å². The molecule has 0 atom stereocenters. The first-order valence-corrected chi connectivity index (χ1v) is 11.7. The second-order valence-corrected chi connectivity index (χ2v) is 9.34. The van der Waals surface area contributed by atoms with Crippen molar-refractivity contribution in [1.82, 2.24) is 19.7 Å². The number of benzene rings is 2. The summed E-state index contributed by atoms with van der Waals surface area (Å²) in [6, 6.07) is 11.9. The highest BCUT2D eigenvalue weighted by molar-refractivity contribution is 5.93. The normalized spacial score (nSPS) is 15.4. The highest BCUT2D eigenvalue weighted by Crippen LogP contribution is 2.28. The third-order valence-electron chi connectivity index (χ3n) is 6.20. The zero-order chi connectivity index (χ0) is 23.4. The summed E-state index contributed by atoms with van der Waals surface area (Å²) in [5.74, 6) is 0.629. The number of oxazole rings is 1. The molecule has 7 nitrogen and oxygen atoms in total. The van der Waals surface area contributed by atoms with E-state index in [0.717, 1.165) is 72.7 Å². The quantitative estimate of drug-likeness (QED) is 0.567. The standard InChI is InChI=1S/C26H35N5O2/c1-19-6-9-24-23(16-19)28-26(33-24)21-7-8-22(20(2)17-21)27-25(32)18-31-14-12-30(13-15-31)11-5-10-29(3)4/h6-9,16-17H,5,10-15,18H2,1-4H3,(H,27,32). The van der Waals surface area contributed by atoms with E-state index >= 15 is 0 Å². The van der Waals surface area contributed by atoms with Crippen molar-refractivity contribution < 1.29 is 9.21 Å². The number of nitrogens with one attached hydrogen (secondary N) is 1. The van der Waals surface area contributed by atoms with Crippen LogP contribution in [0.1, 0.15) is 17.5 Å². The van der Waals surface area contributed by atoms with Gasteiger partial charge in [-0.3, -0.25) is 9.69 Å². The molecule has 0 radical (unpaired) electrons. The number of anilines is 1. The van der Waals surface area contributed by atoms with Crippen LogP contribution in [-0.4, -0.2) is 85.5 Å². The first kappa shape index (κ1) is 23.4. The summed E-state index contributed by atoms with van der Waals surface area (Å²) in [5, 5.41) is 3.08. The van der Waals surface area contributed by atoms with E-state index in [4.69, 9.17) is 4.42 Å². The lowest BCUT2D eigenvalue weighted by Crippen LogP contribution is -2.49. The van der Waals surface area contributed by atoms with Gasteiger partial charge in [-0.15, -0.1) is 0 Å². The fraction of sp³-hybridized carbons (Fsp3) is 0.462. The van der Waals surface area contributed by atoms with Gasteiger partial charge in [0.2, 0.25) is 11.8 Å².